The molecule has 3 N–H and O–H groups in total. The van der Waals surface area contributed by atoms with Crippen molar-refractivity contribution in [2.24, 2.45) is 5.73 Å². The largest absolute Gasteiger partial charge is 0.481 e. The van der Waals surface area contributed by atoms with E-state index in [-0.39, 0.29) is 25.0 Å². The summed E-state index contributed by atoms with van der Waals surface area (Å²) in [6, 6.07) is -0.356. The molecule has 1 heterocycles. The Kier molecular flexibility index (Phi) is 4.47. The summed E-state index contributed by atoms with van der Waals surface area (Å²) < 4.78 is 5.15. The number of hydrogen-bond donors (Lipinski definition) is 2. The minimum atomic E-state index is -0.983. The van der Waals surface area contributed by atoms with Gasteiger partial charge < -0.3 is 20.5 Å². The van der Waals surface area contributed by atoms with Gasteiger partial charge in [0.05, 0.1) is 13.0 Å². The van der Waals surface area contributed by atoms with Crippen LogP contribution in [0.25, 0.3) is 0 Å². The lowest BCUT2D eigenvalue weighted by atomic mass is 9.97. The van der Waals surface area contributed by atoms with E-state index < -0.39 is 11.5 Å². The standard InChI is InChI=1S/C11H20N2O4/c1-3-13(8(2)6-9(14)15)10(16)11(12)4-5-17-7-11/h8H,3-7,12H2,1-2H3,(H,14,15). The van der Waals surface area contributed by atoms with Crippen LogP contribution < -0.4 is 5.73 Å². The molecule has 0 aliphatic carbocycles. The van der Waals surface area contributed by atoms with Crippen molar-refractivity contribution in [3.63, 3.8) is 0 Å². The number of ether oxygens (including phenoxy) is 1. The quantitative estimate of drug-likeness (QED) is 0.699. The zero-order valence-corrected chi connectivity index (χ0v) is 10.3. The molecule has 2 atom stereocenters. The molecular formula is C11H20N2O4. The SMILES string of the molecule is CCN(C(=O)C1(N)CCOC1)C(C)CC(=O)O. The van der Waals surface area contributed by atoms with Crippen LogP contribution in [0.1, 0.15) is 26.7 Å². The molecule has 1 rings (SSSR count). The first kappa shape index (κ1) is 13.9. The van der Waals surface area contributed by atoms with E-state index in [0.29, 0.717) is 19.6 Å². The van der Waals surface area contributed by atoms with E-state index in [1.54, 1.807) is 6.92 Å². The van der Waals surface area contributed by atoms with Gasteiger partial charge in [-0.2, -0.15) is 0 Å². The maximum atomic E-state index is 12.2. The van der Waals surface area contributed by atoms with Crippen molar-refractivity contribution >= 4 is 11.9 Å². The van der Waals surface area contributed by atoms with Crippen LogP contribution in [0.15, 0.2) is 0 Å². The molecular weight excluding hydrogens is 224 g/mol. The maximum absolute atomic E-state index is 12.2. The van der Waals surface area contributed by atoms with Crippen molar-refractivity contribution in [3.8, 4) is 0 Å². The Morgan fingerprint density at radius 1 is 1.59 bits per heavy atom. The molecule has 0 spiro atoms. The number of nitrogens with two attached hydrogens (primary N) is 1. The summed E-state index contributed by atoms with van der Waals surface area (Å²) >= 11 is 0. The van der Waals surface area contributed by atoms with E-state index >= 15 is 0 Å². The van der Waals surface area contributed by atoms with E-state index in [0.717, 1.165) is 0 Å². The smallest absolute Gasteiger partial charge is 0.305 e. The van der Waals surface area contributed by atoms with Crippen LogP contribution in [0.5, 0.6) is 0 Å². The minimum Gasteiger partial charge on any atom is -0.481 e. The Hall–Kier alpha value is -1.14. The Morgan fingerprint density at radius 2 is 2.24 bits per heavy atom. The molecule has 0 bridgehead atoms. The van der Waals surface area contributed by atoms with E-state index in [2.05, 4.69) is 0 Å². The number of carbonyl (C=O) groups excluding carboxylic acids is 1. The monoisotopic (exact) mass is 244 g/mol. The van der Waals surface area contributed by atoms with Gasteiger partial charge in [0.25, 0.3) is 0 Å². The van der Waals surface area contributed by atoms with Crippen LogP contribution in [-0.4, -0.2) is 53.2 Å². The van der Waals surface area contributed by atoms with Crippen molar-refractivity contribution < 1.29 is 19.4 Å². The van der Waals surface area contributed by atoms with Crippen LogP contribution in [0.2, 0.25) is 0 Å². The van der Waals surface area contributed by atoms with Gasteiger partial charge >= 0.3 is 5.97 Å². The molecule has 1 saturated heterocycles. The number of carbonyl (C=O) groups is 2. The second-order valence-corrected chi connectivity index (χ2v) is 4.50. The Labute approximate surface area is 101 Å². The lowest BCUT2D eigenvalue weighted by molar-refractivity contribution is -0.142. The summed E-state index contributed by atoms with van der Waals surface area (Å²) in [4.78, 5) is 24.4. The molecule has 0 aromatic carbocycles. The van der Waals surface area contributed by atoms with E-state index in [9.17, 15) is 9.59 Å². The van der Waals surface area contributed by atoms with Crippen LogP contribution in [0.4, 0.5) is 0 Å². The van der Waals surface area contributed by atoms with Crippen molar-refractivity contribution in [3.05, 3.63) is 0 Å². The molecule has 1 fully saturated rings. The van der Waals surface area contributed by atoms with Gasteiger partial charge in [-0.15, -0.1) is 0 Å². The topological polar surface area (TPSA) is 92.9 Å². The Morgan fingerprint density at radius 3 is 2.65 bits per heavy atom. The molecule has 1 amide bonds. The molecule has 2 unspecified atom stereocenters. The van der Waals surface area contributed by atoms with E-state index in [4.69, 9.17) is 15.6 Å². The third-order valence-corrected chi connectivity index (χ3v) is 3.08. The highest BCUT2D eigenvalue weighted by atomic mass is 16.5. The fourth-order valence-electron chi connectivity index (χ4n) is 2.05. The van der Waals surface area contributed by atoms with Gasteiger partial charge in [-0.1, -0.05) is 0 Å². The van der Waals surface area contributed by atoms with E-state index in [1.807, 2.05) is 6.92 Å². The predicted octanol–water partition coefficient (Wildman–Crippen LogP) is -0.184. The highest BCUT2D eigenvalue weighted by Gasteiger charge is 2.41. The summed E-state index contributed by atoms with van der Waals surface area (Å²) in [5.74, 6) is -1.14. The molecule has 1 aliphatic rings. The van der Waals surface area contributed by atoms with Crippen molar-refractivity contribution in [1.29, 1.82) is 0 Å². The molecule has 6 nitrogen and oxygen atoms in total. The van der Waals surface area contributed by atoms with Gasteiger partial charge in [0.15, 0.2) is 0 Å². The van der Waals surface area contributed by atoms with Gasteiger partial charge in [-0.05, 0) is 20.3 Å². The molecule has 0 aromatic rings. The average molecular weight is 244 g/mol. The lowest BCUT2D eigenvalue weighted by Crippen LogP contribution is -2.58. The zero-order chi connectivity index (χ0) is 13.1. The number of hydrogen-bond acceptors (Lipinski definition) is 4. The molecule has 1 aliphatic heterocycles. The van der Waals surface area contributed by atoms with E-state index in [1.165, 1.54) is 4.90 Å². The van der Waals surface area contributed by atoms with Gasteiger partial charge in [0.2, 0.25) is 5.91 Å². The van der Waals surface area contributed by atoms with Gasteiger partial charge in [-0.25, -0.2) is 0 Å². The number of carboxylic acid groups (broad SMARTS) is 1. The van der Waals surface area contributed by atoms with Crippen LogP contribution in [0.3, 0.4) is 0 Å². The molecule has 98 valence electrons. The minimum absolute atomic E-state index is 0.0729. The third-order valence-electron chi connectivity index (χ3n) is 3.08. The summed E-state index contributed by atoms with van der Waals surface area (Å²) in [7, 11) is 0. The highest BCUT2D eigenvalue weighted by molar-refractivity contribution is 5.87. The summed E-state index contributed by atoms with van der Waals surface area (Å²) in [6.07, 6.45) is 0.415. The fourth-order valence-corrected chi connectivity index (χ4v) is 2.05. The van der Waals surface area contributed by atoms with Crippen molar-refractivity contribution in [1.82, 2.24) is 4.90 Å². The van der Waals surface area contributed by atoms with Crippen LogP contribution >= 0.6 is 0 Å². The Balaban J connectivity index is 2.72. The summed E-state index contributed by atoms with van der Waals surface area (Å²) in [6.45, 7) is 4.67. The molecule has 6 heteroatoms. The second-order valence-electron chi connectivity index (χ2n) is 4.50. The predicted molar refractivity (Wildman–Crippen MR) is 61.5 cm³/mol. The first-order chi connectivity index (χ1) is 7.90. The summed E-state index contributed by atoms with van der Waals surface area (Å²) in [5.41, 5.74) is 5.00. The first-order valence-electron chi connectivity index (χ1n) is 5.80. The number of likely N-dealkylation sites (N-methyl/N-ethyl adjacent to an activating group) is 1. The van der Waals surface area contributed by atoms with Crippen molar-refractivity contribution in [2.75, 3.05) is 19.8 Å². The van der Waals surface area contributed by atoms with Gasteiger partial charge in [0.1, 0.15) is 5.54 Å². The molecule has 0 radical (unpaired) electrons. The molecule has 17 heavy (non-hydrogen) atoms. The highest BCUT2D eigenvalue weighted by Crippen LogP contribution is 2.20. The second kappa shape index (κ2) is 5.46. The average Bonchev–Trinajstić information content (AvgIpc) is 2.66. The maximum Gasteiger partial charge on any atom is 0.305 e. The van der Waals surface area contributed by atoms with Crippen LogP contribution in [-0.2, 0) is 14.3 Å². The number of nitrogens with zero attached hydrogens (tertiary/aromatic N) is 1. The number of carboxylic acids is 1. The lowest BCUT2D eigenvalue weighted by Gasteiger charge is -2.33. The van der Waals surface area contributed by atoms with Crippen LogP contribution in [0, 0.1) is 0 Å². The molecule has 0 aromatic heterocycles. The Bertz CT molecular complexity index is 300. The molecule has 0 saturated carbocycles. The fraction of sp³-hybridized carbons (Fsp3) is 0.818. The number of aliphatic carboxylic acids is 1. The number of amides is 1. The third kappa shape index (κ3) is 3.17. The van der Waals surface area contributed by atoms with Crippen molar-refractivity contribution in [2.45, 2.75) is 38.3 Å². The number of rotatable bonds is 5. The van der Waals surface area contributed by atoms with Gasteiger partial charge in [-0.3, -0.25) is 9.59 Å². The van der Waals surface area contributed by atoms with Gasteiger partial charge in [0, 0.05) is 19.2 Å². The summed E-state index contributed by atoms with van der Waals surface area (Å²) in [5, 5.41) is 8.75. The first-order valence-corrected chi connectivity index (χ1v) is 5.80. The zero-order valence-electron chi connectivity index (χ0n) is 10.3. The normalized spacial score (nSPS) is 25.6.